The number of halogens is 7. The minimum absolute atomic E-state index is 0.0326. The van der Waals surface area contributed by atoms with Gasteiger partial charge in [0.2, 0.25) is 11.8 Å². The van der Waals surface area contributed by atoms with Crippen molar-refractivity contribution in [3.05, 3.63) is 83.3 Å². The zero-order chi connectivity index (χ0) is 27.7. The van der Waals surface area contributed by atoms with Crippen molar-refractivity contribution in [2.45, 2.75) is 24.7 Å². The number of anilines is 2. The first-order chi connectivity index (χ1) is 17.8. The number of carbonyl (C=O) groups is 1. The average Bonchev–Trinajstić information content (AvgIpc) is 3.31. The van der Waals surface area contributed by atoms with E-state index in [-0.39, 0.29) is 35.0 Å². The quantitative estimate of drug-likeness (QED) is 0.321. The lowest BCUT2D eigenvalue weighted by molar-refractivity contribution is -0.143. The summed E-state index contributed by atoms with van der Waals surface area (Å²) in [6.07, 6.45) is -8.55. The number of hydrogen-bond acceptors (Lipinski definition) is 7. The smallest absolute Gasteiger partial charge is 0.416 e. The van der Waals surface area contributed by atoms with Crippen LogP contribution in [0.5, 0.6) is 0 Å². The fourth-order valence-corrected chi connectivity index (χ4v) is 3.45. The Morgan fingerprint density at radius 2 is 1.66 bits per heavy atom. The predicted molar refractivity (Wildman–Crippen MR) is 118 cm³/mol. The van der Waals surface area contributed by atoms with Crippen molar-refractivity contribution in [2.24, 2.45) is 0 Å². The van der Waals surface area contributed by atoms with Crippen molar-refractivity contribution in [3.8, 4) is 11.6 Å². The van der Waals surface area contributed by atoms with E-state index in [4.69, 9.17) is 10.2 Å². The molecule has 0 aliphatic carbocycles. The lowest BCUT2D eigenvalue weighted by atomic mass is 9.89. The number of aromatic nitrogens is 4. The molecule has 0 radical (unpaired) electrons. The molecule has 1 unspecified atom stereocenters. The van der Waals surface area contributed by atoms with Crippen LogP contribution >= 0.6 is 0 Å². The molecule has 2 aromatic heterocycles. The van der Waals surface area contributed by atoms with Crippen LogP contribution in [0.15, 0.2) is 59.3 Å². The summed E-state index contributed by atoms with van der Waals surface area (Å²) in [5.74, 6) is -3.84. The largest absolute Gasteiger partial charge is 0.419 e. The molecular formula is C23H15F7N6O2. The molecule has 0 saturated carbocycles. The number of nitrogens with zero attached hydrogens (tertiary/aromatic N) is 4. The van der Waals surface area contributed by atoms with E-state index in [1.807, 2.05) is 0 Å². The van der Waals surface area contributed by atoms with Gasteiger partial charge >= 0.3 is 12.4 Å². The summed E-state index contributed by atoms with van der Waals surface area (Å²) in [5.41, 5.74) is 1.59. The molecule has 3 N–H and O–H groups in total. The zero-order valence-corrected chi connectivity index (χ0v) is 18.8. The Morgan fingerprint density at radius 3 is 2.26 bits per heavy atom. The van der Waals surface area contributed by atoms with E-state index in [1.165, 1.54) is 12.4 Å². The van der Waals surface area contributed by atoms with Gasteiger partial charge in [0.15, 0.2) is 0 Å². The second kappa shape index (κ2) is 10.1. The van der Waals surface area contributed by atoms with Gasteiger partial charge in [-0.15, -0.1) is 10.2 Å². The highest BCUT2D eigenvalue weighted by molar-refractivity contribution is 5.96. The molecular weight excluding hydrogens is 525 g/mol. The molecule has 0 aliphatic rings. The normalized spacial score (nSPS) is 12.8. The molecule has 4 aromatic rings. The van der Waals surface area contributed by atoms with E-state index in [2.05, 4.69) is 25.5 Å². The maximum atomic E-state index is 13.9. The van der Waals surface area contributed by atoms with E-state index in [1.54, 1.807) is 0 Å². The lowest BCUT2D eigenvalue weighted by Crippen LogP contribution is -2.26. The topological polar surface area (TPSA) is 120 Å². The number of benzene rings is 2. The molecule has 8 nitrogen and oxygen atoms in total. The average molecular weight is 540 g/mol. The third-order valence-electron chi connectivity index (χ3n) is 5.23. The van der Waals surface area contributed by atoms with Crippen LogP contribution in [0.2, 0.25) is 0 Å². The van der Waals surface area contributed by atoms with Crippen LogP contribution in [-0.2, 0) is 23.6 Å². The molecule has 0 aliphatic heterocycles. The Labute approximate surface area is 208 Å². The number of carbonyl (C=O) groups excluding carboxylic acids is 1. The molecule has 2 aromatic carbocycles. The number of nitrogen functional groups attached to an aromatic ring is 1. The number of alkyl halides is 6. The van der Waals surface area contributed by atoms with Crippen molar-refractivity contribution in [3.63, 3.8) is 0 Å². The van der Waals surface area contributed by atoms with Crippen LogP contribution in [0, 0.1) is 5.82 Å². The minimum Gasteiger partial charge on any atom is -0.419 e. The number of hydrogen-bond donors (Lipinski definition) is 2. The van der Waals surface area contributed by atoms with Crippen molar-refractivity contribution >= 4 is 17.4 Å². The predicted octanol–water partition coefficient (Wildman–Crippen LogP) is 5.25. The molecule has 38 heavy (non-hydrogen) atoms. The standard InChI is InChI=1S/C23H15F7N6O2/c24-12-2-4-13(5-3-12)34-20(37)15(8-19-35-36-21(38-19)17-9-33-18(31)10-32-17)14-6-1-11(22(25,26)27)7-16(14)23(28,29)30/h1-7,9-10,15H,8H2,(H2,31,33)(H,34,37). The van der Waals surface area contributed by atoms with Gasteiger partial charge in [0.05, 0.1) is 29.4 Å². The Bertz CT molecular complexity index is 1430. The van der Waals surface area contributed by atoms with E-state index < -0.39 is 53.1 Å². The van der Waals surface area contributed by atoms with Crippen LogP contribution in [0.1, 0.15) is 28.5 Å². The van der Waals surface area contributed by atoms with Gasteiger partial charge in [-0.05, 0) is 42.0 Å². The summed E-state index contributed by atoms with van der Waals surface area (Å²) < 4.78 is 99.9. The second-order valence-electron chi connectivity index (χ2n) is 7.88. The summed E-state index contributed by atoms with van der Waals surface area (Å²) in [5, 5.41) is 9.79. The SMILES string of the molecule is Nc1cnc(-c2nnc(CC(C(=O)Nc3ccc(F)cc3)c3ccc(C(F)(F)F)cc3C(F)(F)F)o2)cn1. The van der Waals surface area contributed by atoms with E-state index in [9.17, 15) is 35.5 Å². The Balaban J connectivity index is 1.75. The van der Waals surface area contributed by atoms with Crippen molar-refractivity contribution in [1.82, 2.24) is 20.2 Å². The molecule has 1 amide bonds. The van der Waals surface area contributed by atoms with Gasteiger partial charge in [-0.25, -0.2) is 14.4 Å². The van der Waals surface area contributed by atoms with E-state index in [0.717, 1.165) is 24.3 Å². The highest BCUT2D eigenvalue weighted by atomic mass is 19.4. The van der Waals surface area contributed by atoms with Gasteiger partial charge in [0.1, 0.15) is 17.3 Å². The summed E-state index contributed by atoms with van der Waals surface area (Å²) in [6.45, 7) is 0. The maximum Gasteiger partial charge on any atom is 0.416 e. The Hall–Kier alpha value is -4.56. The van der Waals surface area contributed by atoms with Crippen molar-refractivity contribution in [2.75, 3.05) is 11.1 Å². The van der Waals surface area contributed by atoms with E-state index in [0.29, 0.717) is 12.1 Å². The highest BCUT2D eigenvalue weighted by Crippen LogP contribution is 2.40. The van der Waals surface area contributed by atoms with Gasteiger partial charge < -0.3 is 15.5 Å². The van der Waals surface area contributed by atoms with Crippen LogP contribution in [0.4, 0.5) is 42.2 Å². The molecule has 0 bridgehead atoms. The molecule has 0 saturated heterocycles. The third kappa shape index (κ3) is 6.04. The number of nitrogens with two attached hydrogens (primary N) is 1. The number of nitrogens with one attached hydrogen (secondary N) is 1. The fourth-order valence-electron chi connectivity index (χ4n) is 3.45. The van der Waals surface area contributed by atoms with Crippen LogP contribution < -0.4 is 11.1 Å². The number of amides is 1. The van der Waals surface area contributed by atoms with Gasteiger partial charge in [-0.1, -0.05) is 6.07 Å². The lowest BCUT2D eigenvalue weighted by Gasteiger charge is -2.22. The maximum absolute atomic E-state index is 13.9. The Morgan fingerprint density at radius 1 is 0.947 bits per heavy atom. The summed E-state index contributed by atoms with van der Waals surface area (Å²) in [7, 11) is 0. The summed E-state index contributed by atoms with van der Waals surface area (Å²) in [6, 6.07) is 5.26. The monoisotopic (exact) mass is 540 g/mol. The first-order valence-corrected chi connectivity index (χ1v) is 10.6. The highest BCUT2D eigenvalue weighted by Gasteiger charge is 2.41. The first kappa shape index (κ1) is 26.5. The molecule has 2 heterocycles. The third-order valence-corrected chi connectivity index (χ3v) is 5.23. The van der Waals surface area contributed by atoms with Crippen LogP contribution in [0.3, 0.4) is 0 Å². The molecule has 1 atom stereocenters. The summed E-state index contributed by atoms with van der Waals surface area (Å²) >= 11 is 0. The minimum atomic E-state index is -5.25. The van der Waals surface area contributed by atoms with Crippen molar-refractivity contribution < 1.29 is 39.9 Å². The van der Waals surface area contributed by atoms with Gasteiger partial charge in [0.25, 0.3) is 5.89 Å². The van der Waals surface area contributed by atoms with Gasteiger partial charge in [-0.3, -0.25) is 4.79 Å². The number of rotatable bonds is 6. The molecule has 0 fully saturated rings. The first-order valence-electron chi connectivity index (χ1n) is 10.6. The second-order valence-corrected chi connectivity index (χ2v) is 7.88. The fraction of sp³-hybridized carbons (Fsp3) is 0.174. The van der Waals surface area contributed by atoms with Gasteiger partial charge in [-0.2, -0.15) is 26.3 Å². The summed E-state index contributed by atoms with van der Waals surface area (Å²) in [4.78, 5) is 20.9. The van der Waals surface area contributed by atoms with Crippen LogP contribution in [0.25, 0.3) is 11.6 Å². The molecule has 198 valence electrons. The molecule has 15 heteroatoms. The molecule has 0 spiro atoms. The Kier molecular flexibility index (Phi) is 7.02. The van der Waals surface area contributed by atoms with E-state index >= 15 is 0 Å². The molecule has 4 rings (SSSR count). The van der Waals surface area contributed by atoms with Crippen LogP contribution in [-0.4, -0.2) is 26.1 Å². The zero-order valence-electron chi connectivity index (χ0n) is 18.8. The van der Waals surface area contributed by atoms with Gasteiger partial charge in [0, 0.05) is 12.1 Å². The van der Waals surface area contributed by atoms with Crippen molar-refractivity contribution in [1.29, 1.82) is 0 Å².